The second-order valence-corrected chi connectivity index (χ2v) is 5.77. The van der Waals surface area contributed by atoms with E-state index in [0.717, 1.165) is 9.90 Å². The molecular weight excluding hydrogens is 268 g/mol. The third kappa shape index (κ3) is 4.73. The number of aliphatic hydroxyl groups is 1. The zero-order chi connectivity index (χ0) is 12.6. The summed E-state index contributed by atoms with van der Waals surface area (Å²) in [6.07, 6.45) is -0.484. The summed E-state index contributed by atoms with van der Waals surface area (Å²) in [5, 5.41) is 17.4. The molecule has 0 aliphatic heterocycles. The van der Waals surface area contributed by atoms with Crippen LogP contribution in [0, 0.1) is 0 Å². The molecule has 0 aliphatic carbocycles. The summed E-state index contributed by atoms with van der Waals surface area (Å²) in [6.45, 7) is 0.863. The van der Waals surface area contributed by atoms with Gasteiger partial charge in [0.05, 0.1) is 19.3 Å². The van der Waals surface area contributed by atoms with Crippen LogP contribution in [0.4, 0.5) is 0 Å². The minimum atomic E-state index is -0.484. The van der Waals surface area contributed by atoms with Gasteiger partial charge in [0.2, 0.25) is 0 Å². The highest BCUT2D eigenvalue weighted by Gasteiger charge is 2.07. The molecule has 18 heavy (non-hydrogen) atoms. The third-order valence-corrected chi connectivity index (χ3v) is 4.17. The summed E-state index contributed by atoms with van der Waals surface area (Å²) in [7, 11) is 0. The Balaban J connectivity index is 1.61. The number of benzene rings is 1. The maximum atomic E-state index is 9.74. The summed E-state index contributed by atoms with van der Waals surface area (Å²) < 4.78 is 6.33. The maximum absolute atomic E-state index is 9.74. The fourth-order valence-electron chi connectivity index (χ4n) is 1.33. The number of ether oxygens (including phenoxy) is 1. The van der Waals surface area contributed by atoms with Crippen molar-refractivity contribution in [2.75, 3.05) is 12.4 Å². The Morgan fingerprint density at radius 2 is 2.17 bits per heavy atom. The van der Waals surface area contributed by atoms with Crippen molar-refractivity contribution >= 4 is 23.1 Å². The van der Waals surface area contributed by atoms with Gasteiger partial charge >= 0.3 is 0 Å². The first-order valence-corrected chi connectivity index (χ1v) is 7.40. The Hall–Kier alpha value is -0.950. The first-order valence-electron chi connectivity index (χ1n) is 5.53. The van der Waals surface area contributed by atoms with E-state index in [0.29, 0.717) is 19.0 Å². The van der Waals surface area contributed by atoms with Crippen LogP contribution in [0.1, 0.15) is 5.56 Å². The van der Waals surface area contributed by atoms with Crippen molar-refractivity contribution in [1.82, 2.24) is 10.2 Å². The van der Waals surface area contributed by atoms with Crippen molar-refractivity contribution in [1.29, 1.82) is 0 Å². The molecule has 0 spiro atoms. The van der Waals surface area contributed by atoms with Gasteiger partial charge < -0.3 is 9.84 Å². The van der Waals surface area contributed by atoms with Crippen LogP contribution in [0.2, 0.25) is 0 Å². The molecule has 6 heteroatoms. The highest BCUT2D eigenvalue weighted by molar-refractivity contribution is 8.01. The fourth-order valence-corrected chi connectivity index (χ4v) is 2.75. The SMILES string of the molecule is OC(COCc1ccccc1)CSc1nncs1. The first kappa shape index (κ1) is 13.5. The monoisotopic (exact) mass is 282 g/mol. The second-order valence-electron chi connectivity index (χ2n) is 3.67. The van der Waals surface area contributed by atoms with E-state index in [-0.39, 0.29) is 0 Å². The van der Waals surface area contributed by atoms with Gasteiger partial charge in [0.15, 0.2) is 4.34 Å². The fraction of sp³-hybridized carbons (Fsp3) is 0.333. The van der Waals surface area contributed by atoms with Gasteiger partial charge in [-0.25, -0.2) is 0 Å². The molecule has 2 aromatic rings. The van der Waals surface area contributed by atoms with E-state index < -0.39 is 6.10 Å². The van der Waals surface area contributed by atoms with Crippen LogP contribution in [0.15, 0.2) is 40.2 Å². The minimum absolute atomic E-state index is 0.334. The average Bonchev–Trinajstić information content (AvgIpc) is 2.91. The van der Waals surface area contributed by atoms with E-state index >= 15 is 0 Å². The van der Waals surface area contributed by atoms with Gasteiger partial charge in [-0.1, -0.05) is 53.4 Å². The van der Waals surface area contributed by atoms with Crippen molar-refractivity contribution in [2.24, 2.45) is 0 Å². The van der Waals surface area contributed by atoms with Gasteiger partial charge in [-0.05, 0) is 5.56 Å². The van der Waals surface area contributed by atoms with E-state index in [9.17, 15) is 5.11 Å². The topological polar surface area (TPSA) is 55.2 Å². The first-order chi connectivity index (χ1) is 8.84. The molecule has 0 amide bonds. The Morgan fingerprint density at radius 1 is 1.33 bits per heavy atom. The van der Waals surface area contributed by atoms with Crippen LogP contribution in [0.3, 0.4) is 0 Å². The molecule has 2 rings (SSSR count). The van der Waals surface area contributed by atoms with Crippen molar-refractivity contribution in [3.63, 3.8) is 0 Å². The van der Waals surface area contributed by atoms with Crippen LogP contribution in [0.25, 0.3) is 0 Å². The van der Waals surface area contributed by atoms with Crippen LogP contribution in [0.5, 0.6) is 0 Å². The quantitative estimate of drug-likeness (QED) is 0.789. The predicted molar refractivity (Wildman–Crippen MR) is 72.7 cm³/mol. The van der Waals surface area contributed by atoms with Crippen molar-refractivity contribution in [3.8, 4) is 0 Å². The molecule has 0 aliphatic rings. The number of nitrogens with zero attached hydrogens (tertiary/aromatic N) is 2. The molecular formula is C12H14N2O2S2. The van der Waals surface area contributed by atoms with Crippen LogP contribution in [-0.4, -0.2) is 33.8 Å². The lowest BCUT2D eigenvalue weighted by atomic mass is 10.2. The van der Waals surface area contributed by atoms with E-state index in [1.165, 1.54) is 23.1 Å². The molecule has 1 unspecified atom stereocenters. The minimum Gasteiger partial charge on any atom is -0.390 e. The van der Waals surface area contributed by atoms with E-state index in [2.05, 4.69) is 10.2 Å². The third-order valence-electron chi connectivity index (χ3n) is 2.16. The number of aliphatic hydroxyl groups excluding tert-OH is 1. The van der Waals surface area contributed by atoms with E-state index in [1.54, 1.807) is 5.51 Å². The molecule has 1 atom stereocenters. The summed E-state index contributed by atoms with van der Waals surface area (Å²) in [5.41, 5.74) is 2.79. The molecule has 0 fully saturated rings. The summed E-state index contributed by atoms with van der Waals surface area (Å²) in [5.74, 6) is 0.573. The Morgan fingerprint density at radius 3 is 2.89 bits per heavy atom. The van der Waals surface area contributed by atoms with Crippen molar-refractivity contribution in [3.05, 3.63) is 41.4 Å². The lowest BCUT2D eigenvalue weighted by Gasteiger charge is -2.09. The number of thioether (sulfide) groups is 1. The van der Waals surface area contributed by atoms with Crippen molar-refractivity contribution in [2.45, 2.75) is 17.1 Å². The van der Waals surface area contributed by atoms with Crippen molar-refractivity contribution < 1.29 is 9.84 Å². The molecule has 1 aromatic carbocycles. The molecule has 1 N–H and O–H groups in total. The average molecular weight is 282 g/mol. The molecule has 96 valence electrons. The lowest BCUT2D eigenvalue weighted by molar-refractivity contribution is 0.0398. The van der Waals surface area contributed by atoms with E-state index in [4.69, 9.17) is 4.74 Å². The number of hydrogen-bond donors (Lipinski definition) is 1. The predicted octanol–water partition coefficient (Wildman–Crippen LogP) is 2.21. The zero-order valence-corrected chi connectivity index (χ0v) is 11.4. The molecule has 4 nitrogen and oxygen atoms in total. The summed E-state index contributed by atoms with van der Waals surface area (Å²) >= 11 is 2.97. The molecule has 1 heterocycles. The van der Waals surface area contributed by atoms with Gasteiger partial charge in [-0.2, -0.15) is 0 Å². The summed E-state index contributed by atoms with van der Waals surface area (Å²) in [6, 6.07) is 9.92. The lowest BCUT2D eigenvalue weighted by Crippen LogP contribution is -2.17. The summed E-state index contributed by atoms with van der Waals surface area (Å²) in [4.78, 5) is 0. The number of aromatic nitrogens is 2. The Kier molecular flexibility index (Phi) is 5.60. The van der Waals surface area contributed by atoms with Crippen LogP contribution >= 0.6 is 23.1 Å². The highest BCUT2D eigenvalue weighted by atomic mass is 32.2. The second kappa shape index (κ2) is 7.48. The van der Waals surface area contributed by atoms with Gasteiger partial charge in [-0.15, -0.1) is 10.2 Å². The van der Waals surface area contributed by atoms with Gasteiger partial charge in [0, 0.05) is 5.75 Å². The Labute approximate surface area is 114 Å². The highest BCUT2D eigenvalue weighted by Crippen LogP contribution is 2.19. The smallest absolute Gasteiger partial charge is 0.174 e. The molecule has 0 bridgehead atoms. The largest absolute Gasteiger partial charge is 0.390 e. The number of hydrogen-bond acceptors (Lipinski definition) is 6. The Bertz CT molecular complexity index is 437. The normalized spacial score (nSPS) is 12.5. The van der Waals surface area contributed by atoms with Crippen LogP contribution in [-0.2, 0) is 11.3 Å². The van der Waals surface area contributed by atoms with E-state index in [1.807, 2.05) is 30.3 Å². The van der Waals surface area contributed by atoms with Gasteiger partial charge in [-0.3, -0.25) is 0 Å². The van der Waals surface area contributed by atoms with Crippen LogP contribution < -0.4 is 0 Å². The maximum Gasteiger partial charge on any atom is 0.174 e. The zero-order valence-electron chi connectivity index (χ0n) is 9.73. The molecule has 0 saturated carbocycles. The molecule has 0 radical (unpaired) electrons. The molecule has 0 saturated heterocycles. The number of rotatable bonds is 7. The van der Waals surface area contributed by atoms with Gasteiger partial charge in [0.1, 0.15) is 5.51 Å². The van der Waals surface area contributed by atoms with Gasteiger partial charge in [0.25, 0.3) is 0 Å². The molecule has 1 aromatic heterocycles. The standard InChI is InChI=1S/C12H14N2O2S2/c15-11(8-17-12-14-13-9-18-12)7-16-6-10-4-2-1-3-5-10/h1-5,9,11,15H,6-8H2.